The van der Waals surface area contributed by atoms with Gasteiger partial charge in [0.2, 0.25) is 0 Å². The van der Waals surface area contributed by atoms with E-state index in [2.05, 4.69) is 194 Å². The van der Waals surface area contributed by atoms with Crippen molar-refractivity contribution in [3.63, 3.8) is 0 Å². The second-order valence-electron chi connectivity index (χ2n) is 23.8. The summed E-state index contributed by atoms with van der Waals surface area (Å²) in [5, 5.41) is 6.35. The Morgan fingerprint density at radius 3 is 1.85 bits per heavy atom. The molecule has 65 heavy (non-hydrogen) atoms. The Hall–Kier alpha value is -6.00. The highest BCUT2D eigenvalue weighted by atomic mass is 16.3. The van der Waals surface area contributed by atoms with E-state index in [0.29, 0.717) is 0 Å². The summed E-state index contributed by atoms with van der Waals surface area (Å²) in [7, 11) is 0. The molecule has 320 valence electrons. The van der Waals surface area contributed by atoms with Crippen molar-refractivity contribution in [3.05, 3.63) is 149 Å². The van der Waals surface area contributed by atoms with Crippen molar-refractivity contribution in [2.45, 2.75) is 122 Å². The van der Waals surface area contributed by atoms with Gasteiger partial charge in [0, 0.05) is 49.4 Å². The average Bonchev–Trinajstić information content (AvgIpc) is 3.89. The fourth-order valence-electron chi connectivity index (χ4n) is 13.9. The van der Waals surface area contributed by atoms with Crippen molar-refractivity contribution in [1.29, 1.82) is 0 Å². The van der Waals surface area contributed by atoms with Crippen LogP contribution in [0.4, 0.5) is 17.1 Å². The maximum atomic E-state index is 7.72. The molecule has 0 bridgehead atoms. The number of aromatic nitrogens is 1. The first-order chi connectivity index (χ1) is 31.0. The van der Waals surface area contributed by atoms with E-state index in [1.54, 1.807) is 0 Å². The molecule has 0 fully saturated rings. The number of fused-ring (bicyclic) bond motifs is 16. The van der Waals surface area contributed by atoms with Crippen LogP contribution in [0.15, 0.2) is 120 Å². The van der Waals surface area contributed by atoms with Crippen LogP contribution in [-0.4, -0.2) is 11.3 Å². The third-order valence-electron chi connectivity index (χ3n) is 17.8. The Morgan fingerprint density at radius 1 is 0.477 bits per heavy atom. The molecule has 3 nitrogen and oxygen atoms in total. The second kappa shape index (κ2) is 11.9. The summed E-state index contributed by atoms with van der Waals surface area (Å²) >= 11 is 0. The zero-order valence-electron chi connectivity index (χ0n) is 39.7. The molecule has 4 heterocycles. The van der Waals surface area contributed by atoms with Gasteiger partial charge in [-0.15, -0.1) is 0 Å². The lowest BCUT2D eigenvalue weighted by atomic mass is 9.47. The van der Waals surface area contributed by atoms with Gasteiger partial charge in [-0.2, -0.15) is 0 Å². The predicted molar refractivity (Wildman–Crippen MR) is 275 cm³/mol. The fraction of sp³-hybridized carbons (Fsp3) is 0.311. The molecule has 9 aromatic rings. The number of benzene rings is 7. The van der Waals surface area contributed by atoms with Crippen LogP contribution in [0.3, 0.4) is 0 Å². The van der Waals surface area contributed by atoms with Crippen LogP contribution in [-0.2, 0) is 27.1 Å². The molecule has 0 unspecified atom stereocenters. The second-order valence-corrected chi connectivity index (χ2v) is 23.8. The van der Waals surface area contributed by atoms with Crippen LogP contribution >= 0.6 is 0 Å². The smallest absolute Gasteiger partial charge is 0.376 e. The maximum absolute atomic E-state index is 7.72. The van der Waals surface area contributed by atoms with Gasteiger partial charge in [-0.1, -0.05) is 142 Å². The highest BCUT2D eigenvalue weighted by Gasteiger charge is 2.51. The molecule has 0 spiro atoms. The molecule has 0 radical (unpaired) electrons. The SMILES string of the molecule is CC1(C)CCC(C)(C)c2cc(N3c4c5c(cc6c4-c4ccccc4C6(C)C)-c4cccc6c7cc8ccccc8cc7n(c46)B5c4oc5cc6c(cc5c43)C(C)(C)CCC6(C)C)ccc21. The molecule has 14 rings (SSSR count). The van der Waals surface area contributed by atoms with Crippen molar-refractivity contribution in [1.82, 2.24) is 4.48 Å². The molecule has 4 heteroatoms. The van der Waals surface area contributed by atoms with Crippen molar-refractivity contribution in [2.75, 3.05) is 4.90 Å². The number of para-hydroxylation sites is 1. The van der Waals surface area contributed by atoms with Gasteiger partial charge < -0.3 is 13.8 Å². The minimum absolute atomic E-state index is 0.0348. The number of hydrogen-bond acceptors (Lipinski definition) is 2. The van der Waals surface area contributed by atoms with E-state index in [1.165, 1.54) is 123 Å². The number of nitrogens with zero attached hydrogens (tertiary/aromatic N) is 2. The summed E-state index contributed by atoms with van der Waals surface area (Å²) in [6.07, 6.45) is 4.66. The molecule has 0 atom stereocenters. The average molecular weight is 845 g/mol. The summed E-state index contributed by atoms with van der Waals surface area (Å²) < 4.78 is 10.4. The van der Waals surface area contributed by atoms with Gasteiger partial charge in [0.05, 0.1) is 11.4 Å². The third-order valence-corrected chi connectivity index (χ3v) is 17.8. The van der Waals surface area contributed by atoms with E-state index in [1.807, 2.05) is 0 Å². The number of furan rings is 1. The van der Waals surface area contributed by atoms with Gasteiger partial charge in [0.25, 0.3) is 0 Å². The van der Waals surface area contributed by atoms with Crippen LogP contribution in [0.5, 0.6) is 0 Å². The van der Waals surface area contributed by atoms with Gasteiger partial charge in [-0.05, 0) is 151 Å². The zero-order valence-corrected chi connectivity index (χ0v) is 39.7. The first kappa shape index (κ1) is 38.3. The van der Waals surface area contributed by atoms with Crippen LogP contribution in [0.25, 0.3) is 65.8 Å². The van der Waals surface area contributed by atoms with Gasteiger partial charge in [0.1, 0.15) is 11.2 Å². The molecule has 2 aromatic heterocycles. The number of hydrogen-bond donors (Lipinski definition) is 0. The summed E-state index contributed by atoms with van der Waals surface area (Å²) in [4.78, 5) is 2.71. The molecule has 0 amide bonds. The minimum Gasteiger partial charge on any atom is -0.466 e. The van der Waals surface area contributed by atoms with E-state index < -0.39 is 0 Å². The van der Waals surface area contributed by atoms with E-state index in [0.717, 1.165) is 30.5 Å². The van der Waals surface area contributed by atoms with E-state index in [9.17, 15) is 0 Å². The summed E-state index contributed by atoms with van der Waals surface area (Å²) in [6, 6.07) is 45.3. The van der Waals surface area contributed by atoms with Crippen LogP contribution in [0.1, 0.15) is 128 Å². The maximum Gasteiger partial charge on any atom is 0.376 e. The van der Waals surface area contributed by atoms with E-state index in [-0.39, 0.29) is 33.9 Å². The molecule has 5 aliphatic rings. The quantitative estimate of drug-likeness (QED) is 0.154. The Balaban J connectivity index is 1.20. The molecule has 3 aliphatic carbocycles. The van der Waals surface area contributed by atoms with Crippen LogP contribution < -0.4 is 16.0 Å². The molecule has 0 saturated carbocycles. The fourth-order valence-corrected chi connectivity index (χ4v) is 13.9. The summed E-state index contributed by atoms with van der Waals surface area (Å²) in [6.45, 7) is 24.3. The van der Waals surface area contributed by atoms with Gasteiger partial charge >= 0.3 is 6.85 Å². The van der Waals surface area contributed by atoms with Gasteiger partial charge in [0.15, 0.2) is 0 Å². The van der Waals surface area contributed by atoms with Gasteiger partial charge in [-0.25, -0.2) is 0 Å². The van der Waals surface area contributed by atoms with Crippen LogP contribution in [0.2, 0.25) is 0 Å². The minimum atomic E-state index is -0.205. The Bertz CT molecular complexity index is 3660. The topological polar surface area (TPSA) is 21.3 Å². The molecule has 0 N–H and O–H groups in total. The standard InChI is InChI=1S/C61H57BN2O/c1-57(2)24-25-58(3,4)45-30-36(22-23-44(45)57)63-54-42-32-46-47(60(7,8)27-26-59(46,5)6)33-50(42)65-56(54)62-52-41(31-48-51(55(52)63)39-18-13-14-21-43(39)61(48,9)10)38-20-15-19-37-40-28-34-16-11-12-17-35(34)29-49(40)64(62)53(37)38/h11-23,28-33H,24-27H2,1-10H3. The van der Waals surface area contributed by atoms with E-state index >= 15 is 0 Å². The normalized spacial score (nSPS) is 19.5. The molecule has 7 aromatic carbocycles. The van der Waals surface area contributed by atoms with Crippen LogP contribution in [0, 0.1) is 0 Å². The zero-order chi connectivity index (χ0) is 44.5. The van der Waals surface area contributed by atoms with Gasteiger partial charge in [-0.3, -0.25) is 0 Å². The highest BCUT2D eigenvalue weighted by Crippen LogP contribution is 2.59. The van der Waals surface area contributed by atoms with Crippen molar-refractivity contribution in [2.24, 2.45) is 0 Å². The first-order valence-electron chi connectivity index (χ1n) is 24.3. The lowest BCUT2D eigenvalue weighted by Crippen LogP contribution is -2.56. The third kappa shape index (κ3) is 4.69. The first-order valence-corrected chi connectivity index (χ1v) is 24.3. The highest BCUT2D eigenvalue weighted by molar-refractivity contribution is 6.89. The molecule has 2 aliphatic heterocycles. The van der Waals surface area contributed by atoms with Crippen molar-refractivity contribution < 1.29 is 4.42 Å². The van der Waals surface area contributed by atoms with E-state index in [4.69, 9.17) is 4.42 Å². The molecule has 0 saturated heterocycles. The largest absolute Gasteiger partial charge is 0.466 e. The molecular formula is C61H57BN2O. The number of rotatable bonds is 1. The monoisotopic (exact) mass is 844 g/mol. The lowest BCUT2D eigenvalue weighted by molar-refractivity contribution is 0.332. The Morgan fingerprint density at radius 2 is 1.11 bits per heavy atom. The Labute approximate surface area is 383 Å². The molecular weight excluding hydrogens is 787 g/mol. The van der Waals surface area contributed by atoms with Crippen molar-refractivity contribution in [3.8, 4) is 22.3 Å². The lowest BCUT2D eigenvalue weighted by Gasteiger charge is -2.44. The number of anilines is 3. The predicted octanol–water partition coefficient (Wildman–Crippen LogP) is 15.1. The summed E-state index contributed by atoms with van der Waals surface area (Å²) in [5.74, 6) is 0. The summed E-state index contributed by atoms with van der Waals surface area (Å²) in [5.41, 5.74) is 23.7. The van der Waals surface area contributed by atoms with Crippen molar-refractivity contribution >= 4 is 78.6 Å². The Kier molecular flexibility index (Phi) is 6.99.